The molecule has 30 heavy (non-hydrogen) atoms. The molecule has 0 saturated carbocycles. The molecule has 0 atom stereocenters. The van der Waals surface area contributed by atoms with Crippen LogP contribution in [0.15, 0.2) is 42.6 Å². The molecule has 3 aliphatic heterocycles. The second-order valence-electron chi connectivity index (χ2n) is 6.86. The predicted octanol–water partition coefficient (Wildman–Crippen LogP) is 3.01. The molecule has 0 amide bonds. The van der Waals surface area contributed by atoms with E-state index in [4.69, 9.17) is 28.4 Å². The van der Waals surface area contributed by atoms with Gasteiger partial charge in [-0.3, -0.25) is 4.90 Å². The van der Waals surface area contributed by atoms with E-state index in [0.29, 0.717) is 41.4 Å². The lowest BCUT2D eigenvalue weighted by atomic mass is 9.92. The number of ether oxygens (including phenoxy) is 6. The number of hydrogen-bond donors (Lipinski definition) is 0. The number of methoxy groups -OCH3 is 1. The van der Waals surface area contributed by atoms with Crippen molar-refractivity contribution in [3.8, 4) is 17.2 Å². The summed E-state index contributed by atoms with van der Waals surface area (Å²) < 4.78 is 34.0. The second-order valence-corrected chi connectivity index (χ2v) is 6.86. The lowest BCUT2D eigenvalue weighted by Crippen LogP contribution is -2.47. The third kappa shape index (κ3) is 2.79. The standard InChI is InChI=1S/C22H21NO7/c1-3-26-21(24)17-12-23(14-4-6-15(25-2)7-5-14)22(29-8-9-30-22)18-11-20-19(10-16(17)18)27-13-28-20/h4-7,10-12H,3,8-9,13H2,1-2H3. The molecule has 0 N–H and O–H groups in total. The average molecular weight is 411 g/mol. The topological polar surface area (TPSA) is 75.7 Å². The van der Waals surface area contributed by atoms with Gasteiger partial charge in [0.1, 0.15) is 5.75 Å². The van der Waals surface area contributed by atoms with E-state index in [1.807, 2.05) is 30.3 Å². The molecule has 0 aromatic heterocycles. The summed E-state index contributed by atoms with van der Waals surface area (Å²) in [6.45, 7) is 2.96. The molecular formula is C22H21NO7. The van der Waals surface area contributed by atoms with Crippen molar-refractivity contribution >= 4 is 17.2 Å². The van der Waals surface area contributed by atoms with Crippen LogP contribution in [-0.4, -0.2) is 39.7 Å². The fourth-order valence-electron chi connectivity index (χ4n) is 3.89. The molecule has 2 aromatic carbocycles. The zero-order valence-corrected chi connectivity index (χ0v) is 16.7. The van der Waals surface area contributed by atoms with Crippen molar-refractivity contribution in [3.63, 3.8) is 0 Å². The Morgan fingerprint density at radius 2 is 1.80 bits per heavy atom. The van der Waals surface area contributed by atoms with Crippen molar-refractivity contribution < 1.29 is 33.2 Å². The minimum atomic E-state index is -1.24. The molecule has 3 aliphatic rings. The van der Waals surface area contributed by atoms with E-state index >= 15 is 0 Å². The average Bonchev–Trinajstić information content (AvgIpc) is 3.43. The van der Waals surface area contributed by atoms with Gasteiger partial charge in [0, 0.05) is 23.0 Å². The fraction of sp³-hybridized carbons (Fsp3) is 0.318. The summed E-state index contributed by atoms with van der Waals surface area (Å²) in [7, 11) is 1.61. The molecule has 0 aliphatic carbocycles. The number of fused-ring (bicyclic) bond motifs is 3. The first kappa shape index (κ1) is 18.8. The van der Waals surface area contributed by atoms with E-state index < -0.39 is 11.9 Å². The number of esters is 1. The van der Waals surface area contributed by atoms with Gasteiger partial charge in [-0.2, -0.15) is 0 Å². The zero-order valence-electron chi connectivity index (χ0n) is 16.7. The third-order valence-corrected chi connectivity index (χ3v) is 5.24. The third-order valence-electron chi connectivity index (χ3n) is 5.24. The normalized spacial score (nSPS) is 18.2. The van der Waals surface area contributed by atoms with Crippen molar-refractivity contribution in [2.24, 2.45) is 0 Å². The number of benzene rings is 2. The largest absolute Gasteiger partial charge is 0.497 e. The fourth-order valence-corrected chi connectivity index (χ4v) is 3.89. The minimum absolute atomic E-state index is 0.119. The number of hydrogen-bond acceptors (Lipinski definition) is 8. The van der Waals surface area contributed by atoms with E-state index in [1.165, 1.54) is 0 Å². The Morgan fingerprint density at radius 3 is 2.47 bits per heavy atom. The number of carbonyl (C=O) groups excluding carboxylic acids is 1. The molecule has 156 valence electrons. The van der Waals surface area contributed by atoms with Gasteiger partial charge in [0.25, 0.3) is 5.91 Å². The highest BCUT2D eigenvalue weighted by Crippen LogP contribution is 2.50. The van der Waals surface area contributed by atoms with Crippen molar-refractivity contribution in [1.82, 2.24) is 0 Å². The second kappa shape index (κ2) is 7.23. The summed E-state index contributed by atoms with van der Waals surface area (Å²) in [6.07, 6.45) is 1.70. The Kier molecular flexibility index (Phi) is 4.52. The monoisotopic (exact) mass is 411 g/mol. The lowest BCUT2D eigenvalue weighted by molar-refractivity contribution is -0.161. The molecule has 0 bridgehead atoms. The summed E-state index contributed by atoms with van der Waals surface area (Å²) in [5.41, 5.74) is 2.43. The van der Waals surface area contributed by atoms with Crippen LogP contribution in [0.5, 0.6) is 17.2 Å². The van der Waals surface area contributed by atoms with Gasteiger partial charge in [-0.25, -0.2) is 4.79 Å². The van der Waals surface area contributed by atoms with E-state index in [9.17, 15) is 4.79 Å². The highest BCUT2D eigenvalue weighted by molar-refractivity contribution is 6.18. The lowest BCUT2D eigenvalue weighted by Gasteiger charge is -2.42. The number of anilines is 1. The Labute approximate surface area is 173 Å². The maximum atomic E-state index is 12.9. The summed E-state index contributed by atoms with van der Waals surface area (Å²) in [5.74, 6) is 0.184. The maximum absolute atomic E-state index is 12.9. The minimum Gasteiger partial charge on any atom is -0.497 e. The molecule has 1 spiro atoms. The van der Waals surface area contributed by atoms with Crippen LogP contribution < -0.4 is 19.1 Å². The van der Waals surface area contributed by atoms with E-state index in [0.717, 1.165) is 11.4 Å². The van der Waals surface area contributed by atoms with E-state index in [-0.39, 0.29) is 13.4 Å². The van der Waals surface area contributed by atoms with Crippen molar-refractivity contribution in [1.29, 1.82) is 0 Å². The van der Waals surface area contributed by atoms with Gasteiger partial charge in [-0.05, 0) is 43.3 Å². The molecule has 5 rings (SSSR count). The quantitative estimate of drug-likeness (QED) is 0.711. The molecule has 1 fully saturated rings. The number of rotatable bonds is 4. The summed E-state index contributed by atoms with van der Waals surface area (Å²) >= 11 is 0. The molecule has 0 radical (unpaired) electrons. The Bertz CT molecular complexity index is 1010. The van der Waals surface area contributed by atoms with Gasteiger partial charge >= 0.3 is 5.97 Å². The van der Waals surface area contributed by atoms with Gasteiger partial charge < -0.3 is 28.4 Å². The first-order chi connectivity index (χ1) is 14.7. The molecule has 0 unspecified atom stereocenters. The smallest absolute Gasteiger partial charge is 0.340 e. The van der Waals surface area contributed by atoms with E-state index in [2.05, 4.69) is 0 Å². The van der Waals surface area contributed by atoms with E-state index in [1.54, 1.807) is 31.2 Å². The molecule has 1 saturated heterocycles. The molecule has 3 heterocycles. The number of nitrogens with zero attached hydrogens (tertiary/aromatic N) is 1. The predicted molar refractivity (Wildman–Crippen MR) is 106 cm³/mol. The highest BCUT2D eigenvalue weighted by atomic mass is 16.8. The van der Waals surface area contributed by atoms with Crippen LogP contribution in [0.3, 0.4) is 0 Å². The first-order valence-corrected chi connectivity index (χ1v) is 9.71. The Morgan fingerprint density at radius 1 is 1.10 bits per heavy atom. The summed E-state index contributed by atoms with van der Waals surface area (Å²) in [6, 6.07) is 11.0. The van der Waals surface area contributed by atoms with Crippen molar-refractivity contribution in [2.45, 2.75) is 12.8 Å². The highest BCUT2D eigenvalue weighted by Gasteiger charge is 2.50. The summed E-state index contributed by atoms with van der Waals surface area (Å²) in [5, 5.41) is 0. The van der Waals surface area contributed by atoms with Gasteiger partial charge in [-0.15, -0.1) is 0 Å². The van der Waals surface area contributed by atoms with Gasteiger partial charge in [-0.1, -0.05) is 0 Å². The van der Waals surface area contributed by atoms with Crippen LogP contribution in [0.2, 0.25) is 0 Å². The Hall–Kier alpha value is -3.23. The van der Waals surface area contributed by atoms with Crippen LogP contribution in [-0.2, 0) is 24.9 Å². The van der Waals surface area contributed by atoms with Crippen LogP contribution in [0, 0.1) is 0 Å². The first-order valence-electron chi connectivity index (χ1n) is 9.71. The van der Waals surface area contributed by atoms with Crippen LogP contribution in [0.4, 0.5) is 5.69 Å². The van der Waals surface area contributed by atoms with Crippen molar-refractivity contribution in [2.75, 3.05) is 38.6 Å². The van der Waals surface area contributed by atoms with Crippen LogP contribution >= 0.6 is 0 Å². The SMILES string of the molecule is CCOC(=O)C1=CN(c2ccc(OC)cc2)C2(OCCO2)c2cc3c(cc21)OCO3. The van der Waals surface area contributed by atoms with Gasteiger partial charge in [0.2, 0.25) is 6.79 Å². The Balaban J connectivity index is 1.71. The molecule has 8 nitrogen and oxygen atoms in total. The van der Waals surface area contributed by atoms with Crippen LogP contribution in [0.1, 0.15) is 18.1 Å². The molecule has 8 heteroatoms. The maximum Gasteiger partial charge on any atom is 0.340 e. The zero-order chi connectivity index (χ0) is 20.7. The van der Waals surface area contributed by atoms with Crippen LogP contribution in [0.25, 0.3) is 5.57 Å². The molecule has 2 aromatic rings. The van der Waals surface area contributed by atoms with Gasteiger partial charge in [0.05, 0.1) is 32.5 Å². The number of carbonyl (C=O) groups is 1. The molecular weight excluding hydrogens is 390 g/mol. The summed E-state index contributed by atoms with van der Waals surface area (Å²) in [4.78, 5) is 14.7. The van der Waals surface area contributed by atoms with Crippen molar-refractivity contribution in [3.05, 3.63) is 53.7 Å². The van der Waals surface area contributed by atoms with Gasteiger partial charge in [0.15, 0.2) is 11.5 Å².